The lowest BCUT2D eigenvalue weighted by Crippen LogP contribution is -2.32. The van der Waals surface area contributed by atoms with Crippen LogP contribution in [0, 0.1) is 11.8 Å². The molecule has 40 heavy (non-hydrogen) atoms. The summed E-state index contributed by atoms with van der Waals surface area (Å²) in [5.41, 5.74) is 8.80. The summed E-state index contributed by atoms with van der Waals surface area (Å²) in [5.74, 6) is 5.79. The van der Waals surface area contributed by atoms with E-state index < -0.39 is 11.9 Å². The maximum absolute atomic E-state index is 14.2. The highest BCUT2D eigenvalue weighted by Gasteiger charge is 2.24. The number of nitrogen functional groups attached to an aromatic ring is 1. The SMILES string of the molecule is CC(NC(=O)c1c(N)nn2cccnc12)c1cc2cccc(C#Cc3ccn(C)n3)c2c(=O)n1-c1ccccc1. The molecule has 0 aliphatic carbocycles. The molecule has 0 spiro atoms. The van der Waals surface area contributed by atoms with Gasteiger partial charge in [0.25, 0.3) is 11.5 Å². The van der Waals surface area contributed by atoms with E-state index in [-0.39, 0.29) is 16.9 Å². The predicted molar refractivity (Wildman–Crippen MR) is 152 cm³/mol. The first-order chi connectivity index (χ1) is 19.4. The van der Waals surface area contributed by atoms with Crippen molar-refractivity contribution < 1.29 is 4.79 Å². The van der Waals surface area contributed by atoms with Gasteiger partial charge in [-0.05, 0) is 54.6 Å². The van der Waals surface area contributed by atoms with Crippen molar-refractivity contribution in [2.75, 3.05) is 5.73 Å². The quantitative estimate of drug-likeness (QED) is 0.339. The summed E-state index contributed by atoms with van der Waals surface area (Å²) in [7, 11) is 1.82. The summed E-state index contributed by atoms with van der Waals surface area (Å²) in [6.07, 6.45) is 5.05. The van der Waals surface area contributed by atoms with Crippen molar-refractivity contribution >= 4 is 28.1 Å². The molecular formula is C30H24N8O2. The van der Waals surface area contributed by atoms with Gasteiger partial charge in [0.15, 0.2) is 11.5 Å². The molecule has 0 aliphatic heterocycles. The highest BCUT2D eigenvalue weighted by molar-refractivity contribution is 6.04. The van der Waals surface area contributed by atoms with Crippen molar-refractivity contribution in [3.05, 3.63) is 118 Å². The topological polar surface area (TPSA) is 125 Å². The van der Waals surface area contributed by atoms with Gasteiger partial charge in [0.05, 0.1) is 11.4 Å². The zero-order chi connectivity index (χ0) is 27.8. The van der Waals surface area contributed by atoms with Gasteiger partial charge >= 0.3 is 0 Å². The molecule has 4 heterocycles. The van der Waals surface area contributed by atoms with E-state index in [4.69, 9.17) is 5.73 Å². The first-order valence-corrected chi connectivity index (χ1v) is 12.6. The highest BCUT2D eigenvalue weighted by Crippen LogP contribution is 2.24. The Morgan fingerprint density at radius 2 is 1.82 bits per heavy atom. The van der Waals surface area contributed by atoms with Crippen molar-refractivity contribution in [3.63, 3.8) is 0 Å². The third-order valence-corrected chi connectivity index (χ3v) is 6.57. The normalized spacial score (nSPS) is 11.8. The Hall–Kier alpha value is -5.69. The predicted octanol–water partition coefficient (Wildman–Crippen LogP) is 3.24. The molecule has 10 nitrogen and oxygen atoms in total. The maximum atomic E-state index is 14.2. The van der Waals surface area contributed by atoms with E-state index in [0.717, 1.165) is 0 Å². The first kappa shape index (κ1) is 24.6. The monoisotopic (exact) mass is 528 g/mol. The number of aromatic nitrogens is 6. The molecule has 196 valence electrons. The fourth-order valence-corrected chi connectivity index (χ4v) is 4.73. The Kier molecular flexibility index (Phi) is 6.09. The molecule has 4 aromatic heterocycles. The van der Waals surface area contributed by atoms with Crippen LogP contribution >= 0.6 is 0 Å². The van der Waals surface area contributed by atoms with E-state index in [1.54, 1.807) is 27.7 Å². The molecule has 2 aromatic carbocycles. The van der Waals surface area contributed by atoms with Crippen LogP contribution < -0.4 is 16.6 Å². The number of para-hydroxylation sites is 1. The Labute approximate surface area is 228 Å². The van der Waals surface area contributed by atoms with Crippen molar-refractivity contribution in [1.82, 2.24) is 34.3 Å². The summed E-state index contributed by atoms with van der Waals surface area (Å²) >= 11 is 0. The van der Waals surface area contributed by atoms with Gasteiger partial charge in [-0.3, -0.25) is 18.8 Å². The average molecular weight is 529 g/mol. The molecule has 0 saturated heterocycles. The lowest BCUT2D eigenvalue weighted by atomic mass is 10.0. The lowest BCUT2D eigenvalue weighted by Gasteiger charge is -2.21. The third-order valence-electron chi connectivity index (χ3n) is 6.57. The van der Waals surface area contributed by atoms with Gasteiger partial charge in [-0.15, -0.1) is 5.10 Å². The lowest BCUT2D eigenvalue weighted by molar-refractivity contribution is 0.0941. The molecule has 6 rings (SSSR count). The van der Waals surface area contributed by atoms with Gasteiger partial charge in [0.2, 0.25) is 0 Å². The van der Waals surface area contributed by atoms with Crippen molar-refractivity contribution in [2.24, 2.45) is 7.05 Å². The summed E-state index contributed by atoms with van der Waals surface area (Å²) in [6.45, 7) is 1.82. The Morgan fingerprint density at radius 3 is 2.60 bits per heavy atom. The van der Waals surface area contributed by atoms with Crippen LogP contribution in [0.3, 0.4) is 0 Å². The fourth-order valence-electron chi connectivity index (χ4n) is 4.73. The van der Waals surface area contributed by atoms with Crippen LogP contribution in [0.1, 0.15) is 40.3 Å². The number of rotatable bonds is 4. The van der Waals surface area contributed by atoms with Gasteiger partial charge in [-0.25, -0.2) is 9.50 Å². The van der Waals surface area contributed by atoms with Crippen LogP contribution in [0.2, 0.25) is 0 Å². The number of hydrogen-bond acceptors (Lipinski definition) is 6. The third kappa shape index (κ3) is 4.35. The van der Waals surface area contributed by atoms with Gasteiger partial charge in [-0.2, -0.15) is 5.10 Å². The molecule has 0 aliphatic rings. The fraction of sp³-hybridized carbons (Fsp3) is 0.100. The molecule has 1 amide bonds. The first-order valence-electron chi connectivity index (χ1n) is 12.6. The summed E-state index contributed by atoms with van der Waals surface area (Å²) in [6, 6.07) is 19.7. The molecule has 6 aromatic rings. The number of carbonyl (C=O) groups excluding carboxylic acids is 1. The van der Waals surface area contributed by atoms with Gasteiger partial charge in [0.1, 0.15) is 11.3 Å². The smallest absolute Gasteiger partial charge is 0.264 e. The van der Waals surface area contributed by atoms with Gasteiger partial charge in [-0.1, -0.05) is 36.3 Å². The molecule has 1 unspecified atom stereocenters. The van der Waals surface area contributed by atoms with E-state index in [2.05, 4.69) is 32.3 Å². The number of aryl methyl sites for hydroxylation is 1. The van der Waals surface area contributed by atoms with E-state index in [0.29, 0.717) is 39.1 Å². The molecule has 0 fully saturated rings. The Balaban J connectivity index is 1.48. The molecule has 1 atom stereocenters. The van der Waals surface area contributed by atoms with E-state index in [1.165, 1.54) is 4.52 Å². The minimum absolute atomic E-state index is 0.0680. The van der Waals surface area contributed by atoms with Crippen molar-refractivity contribution in [1.29, 1.82) is 0 Å². The second-order valence-electron chi connectivity index (χ2n) is 9.28. The second kappa shape index (κ2) is 9.89. The van der Waals surface area contributed by atoms with Crippen LogP contribution in [-0.2, 0) is 7.05 Å². The van der Waals surface area contributed by atoms with Crippen LogP contribution in [0.25, 0.3) is 22.1 Å². The number of nitrogens with two attached hydrogens (primary N) is 1. The second-order valence-corrected chi connectivity index (χ2v) is 9.28. The summed E-state index contributed by atoms with van der Waals surface area (Å²) in [5, 5.41) is 12.7. The summed E-state index contributed by atoms with van der Waals surface area (Å²) < 4.78 is 4.74. The summed E-state index contributed by atoms with van der Waals surface area (Å²) in [4.78, 5) is 31.8. The minimum atomic E-state index is -0.578. The Bertz CT molecular complexity index is 2030. The van der Waals surface area contributed by atoms with Crippen molar-refractivity contribution in [2.45, 2.75) is 13.0 Å². The number of pyridine rings is 1. The molecule has 0 saturated carbocycles. The van der Waals surface area contributed by atoms with Gasteiger partial charge in [0, 0.05) is 42.6 Å². The van der Waals surface area contributed by atoms with E-state index >= 15 is 0 Å². The van der Waals surface area contributed by atoms with Crippen LogP contribution in [-0.4, -0.2) is 34.9 Å². The standard InChI is InChI=1S/C30H24N8O2/c1-19(33-29(39)26-27(31)35-37-16-7-15-32-28(26)37)24-18-21-9-6-8-20(12-13-22-14-17-36(2)34-22)25(21)30(40)38(24)23-10-4-3-5-11-23/h3-11,14-19H,1-2H3,(H2,31,35)(H,33,39). The molecule has 0 bridgehead atoms. The molecule has 10 heteroatoms. The van der Waals surface area contributed by atoms with Crippen molar-refractivity contribution in [3.8, 4) is 17.5 Å². The number of nitrogens with zero attached hydrogens (tertiary/aromatic N) is 6. The number of benzene rings is 2. The number of carbonyl (C=O) groups is 1. The van der Waals surface area contributed by atoms with Crippen LogP contribution in [0.5, 0.6) is 0 Å². The maximum Gasteiger partial charge on any atom is 0.264 e. The van der Waals surface area contributed by atoms with E-state index in [9.17, 15) is 9.59 Å². The largest absolute Gasteiger partial charge is 0.381 e. The zero-order valence-corrected chi connectivity index (χ0v) is 21.7. The molecule has 3 N–H and O–H groups in total. The van der Waals surface area contributed by atoms with E-state index in [1.807, 2.05) is 80.8 Å². The highest BCUT2D eigenvalue weighted by atomic mass is 16.2. The number of fused-ring (bicyclic) bond motifs is 2. The van der Waals surface area contributed by atoms with Gasteiger partial charge < -0.3 is 11.1 Å². The number of hydrogen-bond donors (Lipinski definition) is 2. The van der Waals surface area contributed by atoms with Crippen LogP contribution in [0.4, 0.5) is 5.82 Å². The zero-order valence-electron chi connectivity index (χ0n) is 21.7. The minimum Gasteiger partial charge on any atom is -0.381 e. The van der Waals surface area contributed by atoms with Crippen LogP contribution in [0.15, 0.2) is 90.1 Å². The molecular weight excluding hydrogens is 504 g/mol. The number of anilines is 1. The number of amides is 1. The molecule has 0 radical (unpaired) electrons. The number of nitrogens with one attached hydrogen (secondary N) is 1. The Morgan fingerprint density at radius 1 is 1.00 bits per heavy atom. The average Bonchev–Trinajstić information content (AvgIpc) is 3.53.